The highest BCUT2D eigenvalue weighted by molar-refractivity contribution is 8.00. The summed E-state index contributed by atoms with van der Waals surface area (Å²) in [7, 11) is 1.57. The smallest absolute Gasteiger partial charge is 0.248 e. The molecule has 2 amide bonds. The van der Waals surface area contributed by atoms with Gasteiger partial charge in [0.1, 0.15) is 5.75 Å². The van der Waals surface area contributed by atoms with E-state index < -0.39 is 0 Å². The molecule has 7 nitrogen and oxygen atoms in total. The summed E-state index contributed by atoms with van der Waals surface area (Å²) in [6.45, 7) is 0. The molecule has 0 radical (unpaired) electrons. The van der Waals surface area contributed by atoms with Gasteiger partial charge in [-0.25, -0.2) is 0 Å². The zero-order valence-corrected chi connectivity index (χ0v) is 18.4. The minimum absolute atomic E-state index is 0.0730. The number of anilines is 2. The topological polar surface area (TPSA) is 91.5 Å². The molecule has 4 N–H and O–H groups in total. The molecule has 0 aliphatic carbocycles. The van der Waals surface area contributed by atoms with Gasteiger partial charge in [-0.15, -0.1) is 11.8 Å². The van der Waals surface area contributed by atoms with Gasteiger partial charge in [0.15, 0.2) is 5.11 Å². The van der Waals surface area contributed by atoms with E-state index in [0.29, 0.717) is 27.2 Å². The minimum Gasteiger partial charge on any atom is -0.497 e. The summed E-state index contributed by atoms with van der Waals surface area (Å²) in [5.74, 6) is 0.345. The van der Waals surface area contributed by atoms with Crippen LogP contribution in [0.4, 0.5) is 11.4 Å². The van der Waals surface area contributed by atoms with E-state index in [0.717, 1.165) is 0 Å². The number of carbonyl (C=O) groups is 2. The largest absolute Gasteiger partial charge is 0.497 e. The van der Waals surface area contributed by atoms with E-state index in [2.05, 4.69) is 21.5 Å². The molecule has 0 aliphatic rings. The predicted octanol–water partition coefficient (Wildman–Crippen LogP) is 3.69. The first-order valence-corrected chi connectivity index (χ1v) is 10.5. The van der Waals surface area contributed by atoms with Gasteiger partial charge in [0, 0.05) is 5.69 Å². The van der Waals surface area contributed by atoms with Gasteiger partial charge < -0.3 is 15.4 Å². The van der Waals surface area contributed by atoms with Crippen molar-refractivity contribution in [3.05, 3.63) is 52.5 Å². The van der Waals surface area contributed by atoms with E-state index in [4.69, 9.17) is 40.2 Å². The number of halogens is 2. The maximum absolute atomic E-state index is 11.9. The molecular formula is C18H18Cl2N4O3S2. The number of carbonyl (C=O) groups excluding carboxylic acids is 2. The quantitative estimate of drug-likeness (QED) is 0.360. The van der Waals surface area contributed by atoms with Crippen LogP contribution in [0, 0.1) is 0 Å². The van der Waals surface area contributed by atoms with E-state index in [1.807, 2.05) is 0 Å². The van der Waals surface area contributed by atoms with Crippen molar-refractivity contribution in [2.45, 2.75) is 0 Å². The summed E-state index contributed by atoms with van der Waals surface area (Å²) in [5.41, 5.74) is 6.16. The monoisotopic (exact) mass is 472 g/mol. The number of hydrazine groups is 1. The summed E-state index contributed by atoms with van der Waals surface area (Å²) in [6, 6.07) is 12.0. The number of hydrogen-bond donors (Lipinski definition) is 4. The number of thioether (sulfide) groups is 1. The highest BCUT2D eigenvalue weighted by Crippen LogP contribution is 2.29. The number of hydrogen-bond acceptors (Lipinski definition) is 5. The first-order valence-electron chi connectivity index (χ1n) is 8.20. The number of nitrogens with one attached hydrogen (secondary N) is 4. The second kappa shape index (κ2) is 11.7. The Morgan fingerprint density at radius 3 is 2.38 bits per heavy atom. The fourth-order valence-electron chi connectivity index (χ4n) is 2.02. The van der Waals surface area contributed by atoms with E-state index in [9.17, 15) is 9.59 Å². The zero-order valence-electron chi connectivity index (χ0n) is 15.3. The Bertz CT molecular complexity index is 882. The Labute approximate surface area is 187 Å². The lowest BCUT2D eigenvalue weighted by atomic mass is 10.3. The molecule has 2 rings (SSSR count). The summed E-state index contributed by atoms with van der Waals surface area (Å²) in [5, 5.41) is 6.41. The summed E-state index contributed by atoms with van der Waals surface area (Å²) in [6.07, 6.45) is 0. The third-order valence-electron chi connectivity index (χ3n) is 3.36. The molecule has 0 aromatic heterocycles. The number of amides is 2. The van der Waals surface area contributed by atoms with E-state index >= 15 is 0 Å². The van der Waals surface area contributed by atoms with Gasteiger partial charge in [-0.1, -0.05) is 29.3 Å². The lowest BCUT2D eigenvalue weighted by Gasteiger charge is -2.13. The molecule has 0 heterocycles. The SMILES string of the molecule is COc1ccc(NC(=O)CSCC(=O)NNC(=S)Nc2cccc(Cl)c2Cl)cc1. The lowest BCUT2D eigenvalue weighted by Crippen LogP contribution is -2.44. The molecule has 0 saturated carbocycles. The first kappa shape index (κ1) is 23.1. The number of benzene rings is 2. The molecule has 154 valence electrons. The molecule has 29 heavy (non-hydrogen) atoms. The third kappa shape index (κ3) is 7.98. The van der Waals surface area contributed by atoms with Crippen LogP contribution in [0.15, 0.2) is 42.5 Å². The number of rotatable bonds is 7. The van der Waals surface area contributed by atoms with Gasteiger partial charge in [-0.05, 0) is 48.6 Å². The second-order valence-corrected chi connectivity index (χ2v) is 7.68. The molecule has 0 spiro atoms. The van der Waals surface area contributed by atoms with Crippen LogP contribution in [-0.4, -0.2) is 35.5 Å². The van der Waals surface area contributed by atoms with Crippen LogP contribution >= 0.6 is 47.2 Å². The lowest BCUT2D eigenvalue weighted by molar-refractivity contribution is -0.119. The normalized spacial score (nSPS) is 10.0. The van der Waals surface area contributed by atoms with E-state index in [1.165, 1.54) is 11.8 Å². The van der Waals surface area contributed by atoms with Crippen molar-refractivity contribution >= 4 is 75.5 Å². The summed E-state index contributed by atoms with van der Waals surface area (Å²) >= 11 is 18.2. The van der Waals surface area contributed by atoms with Crippen LogP contribution in [0.5, 0.6) is 5.75 Å². The van der Waals surface area contributed by atoms with Crippen LogP contribution in [0.25, 0.3) is 0 Å². The third-order valence-corrected chi connectivity index (χ3v) is 5.31. The van der Waals surface area contributed by atoms with Crippen molar-refractivity contribution in [1.82, 2.24) is 10.9 Å². The summed E-state index contributed by atoms with van der Waals surface area (Å²) in [4.78, 5) is 23.8. The first-order chi connectivity index (χ1) is 13.9. The van der Waals surface area contributed by atoms with E-state index in [-0.39, 0.29) is 28.4 Å². The Morgan fingerprint density at radius 2 is 1.69 bits per heavy atom. The van der Waals surface area contributed by atoms with Crippen LogP contribution in [0.1, 0.15) is 0 Å². The average molecular weight is 473 g/mol. The van der Waals surface area contributed by atoms with Crippen LogP contribution in [0.2, 0.25) is 10.0 Å². The predicted molar refractivity (Wildman–Crippen MR) is 123 cm³/mol. The van der Waals surface area contributed by atoms with Crippen molar-refractivity contribution in [1.29, 1.82) is 0 Å². The average Bonchev–Trinajstić information content (AvgIpc) is 2.70. The van der Waals surface area contributed by atoms with Gasteiger partial charge >= 0.3 is 0 Å². The van der Waals surface area contributed by atoms with Gasteiger partial charge in [0.05, 0.1) is 34.3 Å². The van der Waals surface area contributed by atoms with Gasteiger partial charge in [0.25, 0.3) is 0 Å². The standard InChI is InChI=1S/C18H18Cl2N4O3S2/c1-27-12-7-5-11(6-8-12)21-15(25)9-29-10-16(26)23-24-18(28)22-14-4-2-3-13(19)17(14)20/h2-8H,9-10H2,1H3,(H,21,25)(H,23,26)(H2,22,24,28). The van der Waals surface area contributed by atoms with Gasteiger partial charge in [-0.2, -0.15) is 0 Å². The van der Waals surface area contributed by atoms with Crippen LogP contribution in [0.3, 0.4) is 0 Å². The molecule has 0 aliphatic heterocycles. The van der Waals surface area contributed by atoms with Crippen molar-refractivity contribution in [3.63, 3.8) is 0 Å². The molecule has 11 heteroatoms. The highest BCUT2D eigenvalue weighted by Gasteiger charge is 2.08. The van der Waals surface area contributed by atoms with Gasteiger partial charge in [0.2, 0.25) is 11.8 Å². The van der Waals surface area contributed by atoms with Gasteiger partial charge in [-0.3, -0.25) is 20.4 Å². The van der Waals surface area contributed by atoms with Crippen molar-refractivity contribution in [2.24, 2.45) is 0 Å². The maximum atomic E-state index is 11.9. The Balaban J connectivity index is 1.65. The Kier molecular flexibility index (Phi) is 9.33. The second-order valence-electron chi connectivity index (χ2n) is 5.50. The van der Waals surface area contributed by atoms with Crippen LogP contribution < -0.4 is 26.2 Å². The zero-order chi connectivity index (χ0) is 21.2. The van der Waals surface area contributed by atoms with Crippen molar-refractivity contribution in [3.8, 4) is 5.75 Å². The molecule has 0 saturated heterocycles. The van der Waals surface area contributed by atoms with Crippen LogP contribution in [-0.2, 0) is 9.59 Å². The van der Waals surface area contributed by atoms with Crippen molar-refractivity contribution in [2.75, 3.05) is 29.2 Å². The molecule has 2 aromatic carbocycles. The Hall–Kier alpha value is -2.20. The number of thiocarbonyl (C=S) groups is 1. The van der Waals surface area contributed by atoms with Crippen molar-refractivity contribution < 1.29 is 14.3 Å². The molecule has 0 atom stereocenters. The molecule has 2 aromatic rings. The van der Waals surface area contributed by atoms with E-state index in [1.54, 1.807) is 49.6 Å². The maximum Gasteiger partial charge on any atom is 0.248 e. The number of ether oxygens (including phenoxy) is 1. The molecular weight excluding hydrogens is 455 g/mol. The molecule has 0 bridgehead atoms. The molecule has 0 unspecified atom stereocenters. The number of methoxy groups -OCH3 is 1. The minimum atomic E-state index is -0.339. The molecule has 0 fully saturated rings. The summed E-state index contributed by atoms with van der Waals surface area (Å²) < 4.78 is 5.06. The fourth-order valence-corrected chi connectivity index (χ4v) is 3.15. The highest BCUT2D eigenvalue weighted by atomic mass is 35.5. The Morgan fingerprint density at radius 1 is 1.00 bits per heavy atom. The fraction of sp³-hybridized carbons (Fsp3) is 0.167.